The number of allylic oxidation sites excluding steroid dienone is 2. The molecular weight excluding hydrogens is 250 g/mol. The quantitative estimate of drug-likeness (QED) is 0.657. The van der Waals surface area contributed by atoms with E-state index in [1.54, 1.807) is 0 Å². The largest absolute Gasteiger partial charge is 0.350 e. The van der Waals surface area contributed by atoms with Crippen LogP contribution in [0.1, 0.15) is 55.5 Å². The molecule has 1 amide bonds. The third kappa shape index (κ3) is 2.94. The Morgan fingerprint density at radius 1 is 1.30 bits per heavy atom. The third-order valence-electron chi connectivity index (χ3n) is 4.46. The lowest BCUT2D eigenvalue weighted by Crippen LogP contribution is -2.31. The van der Waals surface area contributed by atoms with Crippen molar-refractivity contribution in [3.05, 3.63) is 29.1 Å². The van der Waals surface area contributed by atoms with Crippen LogP contribution in [0.2, 0.25) is 0 Å². The van der Waals surface area contributed by atoms with Crippen molar-refractivity contribution in [3.63, 3.8) is 0 Å². The molecule has 0 radical (unpaired) electrons. The zero-order chi connectivity index (χ0) is 13.8. The number of nitrogens with zero attached hydrogens (tertiary/aromatic N) is 1. The summed E-state index contributed by atoms with van der Waals surface area (Å²) < 4.78 is 0. The predicted octanol–water partition coefficient (Wildman–Crippen LogP) is 2.65. The number of H-pyrrole nitrogens is 1. The summed E-state index contributed by atoms with van der Waals surface area (Å²) in [4.78, 5) is 12.1. The molecule has 0 saturated carbocycles. The van der Waals surface area contributed by atoms with Crippen LogP contribution in [0.5, 0.6) is 0 Å². The molecule has 2 aliphatic rings. The second-order valence-electron chi connectivity index (χ2n) is 5.89. The van der Waals surface area contributed by atoms with Crippen LogP contribution in [0.3, 0.4) is 0 Å². The molecule has 0 aliphatic heterocycles. The van der Waals surface area contributed by atoms with Gasteiger partial charge in [0.15, 0.2) is 0 Å². The van der Waals surface area contributed by atoms with Crippen LogP contribution >= 0.6 is 0 Å². The number of aromatic amines is 1. The summed E-state index contributed by atoms with van der Waals surface area (Å²) in [5.41, 5.74) is 3.68. The Morgan fingerprint density at radius 3 is 3.05 bits per heavy atom. The fourth-order valence-electron chi connectivity index (χ4n) is 3.22. The maximum absolute atomic E-state index is 12.1. The van der Waals surface area contributed by atoms with Gasteiger partial charge in [0.2, 0.25) is 5.91 Å². The van der Waals surface area contributed by atoms with Crippen molar-refractivity contribution in [2.24, 2.45) is 5.92 Å². The number of hydrogen-bond donors (Lipinski definition) is 2. The minimum atomic E-state index is 0.151. The second kappa shape index (κ2) is 6.25. The van der Waals surface area contributed by atoms with Crippen molar-refractivity contribution in [1.29, 1.82) is 0 Å². The van der Waals surface area contributed by atoms with Gasteiger partial charge in [0.05, 0.1) is 12.2 Å². The molecule has 1 aromatic rings. The van der Waals surface area contributed by atoms with E-state index in [1.807, 2.05) is 0 Å². The molecular formula is C16H23N3O. The summed E-state index contributed by atoms with van der Waals surface area (Å²) in [6, 6.07) is 0. The maximum Gasteiger partial charge on any atom is 0.223 e. The molecule has 108 valence electrons. The SMILES string of the molecule is O=C(NCc1n[nH]c2c1CCCCC2)[C@@H]1CC=CCC1. The van der Waals surface area contributed by atoms with Crippen LogP contribution in [0.4, 0.5) is 0 Å². The first-order valence-corrected chi connectivity index (χ1v) is 7.82. The van der Waals surface area contributed by atoms with Crippen LogP contribution in [0, 0.1) is 5.92 Å². The Morgan fingerprint density at radius 2 is 2.20 bits per heavy atom. The maximum atomic E-state index is 12.1. The summed E-state index contributed by atoms with van der Waals surface area (Å²) in [5.74, 6) is 0.331. The van der Waals surface area contributed by atoms with E-state index in [9.17, 15) is 4.79 Å². The first-order valence-electron chi connectivity index (χ1n) is 7.82. The molecule has 1 heterocycles. The van der Waals surface area contributed by atoms with Crippen molar-refractivity contribution in [3.8, 4) is 0 Å². The highest BCUT2D eigenvalue weighted by molar-refractivity contribution is 5.78. The molecule has 0 aromatic carbocycles. The number of aromatic nitrogens is 2. The van der Waals surface area contributed by atoms with Crippen molar-refractivity contribution in [2.45, 2.75) is 57.9 Å². The molecule has 2 aliphatic carbocycles. The zero-order valence-electron chi connectivity index (χ0n) is 12.0. The topological polar surface area (TPSA) is 57.8 Å². The summed E-state index contributed by atoms with van der Waals surface area (Å²) in [7, 11) is 0. The summed E-state index contributed by atoms with van der Waals surface area (Å²) in [5, 5.41) is 10.6. The Labute approximate surface area is 120 Å². The lowest BCUT2D eigenvalue weighted by molar-refractivity contribution is -0.125. The smallest absolute Gasteiger partial charge is 0.223 e. The summed E-state index contributed by atoms with van der Waals surface area (Å²) in [6.07, 6.45) is 13.1. The monoisotopic (exact) mass is 273 g/mol. The number of fused-ring (bicyclic) bond motifs is 1. The van der Waals surface area contributed by atoms with Crippen molar-refractivity contribution in [2.75, 3.05) is 0 Å². The van der Waals surface area contributed by atoms with Gasteiger partial charge in [0, 0.05) is 11.6 Å². The number of aryl methyl sites for hydroxylation is 1. The van der Waals surface area contributed by atoms with E-state index in [4.69, 9.17) is 0 Å². The summed E-state index contributed by atoms with van der Waals surface area (Å²) in [6.45, 7) is 0.574. The Bertz CT molecular complexity index is 504. The van der Waals surface area contributed by atoms with Crippen LogP contribution in [0.25, 0.3) is 0 Å². The third-order valence-corrected chi connectivity index (χ3v) is 4.46. The van der Waals surface area contributed by atoms with Gasteiger partial charge in [-0.1, -0.05) is 18.6 Å². The van der Waals surface area contributed by atoms with E-state index in [2.05, 4.69) is 27.7 Å². The average molecular weight is 273 g/mol. The van der Waals surface area contributed by atoms with Crippen LogP contribution in [-0.2, 0) is 24.2 Å². The minimum Gasteiger partial charge on any atom is -0.350 e. The van der Waals surface area contributed by atoms with Gasteiger partial charge < -0.3 is 5.32 Å². The molecule has 1 atom stereocenters. The number of nitrogens with one attached hydrogen (secondary N) is 2. The Hall–Kier alpha value is -1.58. The normalized spacial score (nSPS) is 22.1. The predicted molar refractivity (Wildman–Crippen MR) is 78.2 cm³/mol. The molecule has 4 nitrogen and oxygen atoms in total. The molecule has 0 bridgehead atoms. The van der Waals surface area contributed by atoms with E-state index in [1.165, 1.54) is 30.5 Å². The highest BCUT2D eigenvalue weighted by Crippen LogP contribution is 2.22. The number of carbonyl (C=O) groups is 1. The van der Waals surface area contributed by atoms with E-state index < -0.39 is 0 Å². The fourth-order valence-corrected chi connectivity index (χ4v) is 3.22. The first kappa shape index (κ1) is 13.4. The van der Waals surface area contributed by atoms with Crippen LogP contribution in [-0.4, -0.2) is 16.1 Å². The average Bonchev–Trinajstić information content (AvgIpc) is 2.72. The van der Waals surface area contributed by atoms with Gasteiger partial charge in [-0.15, -0.1) is 0 Å². The molecule has 4 heteroatoms. The molecule has 1 aromatic heterocycles. The molecule has 3 rings (SSSR count). The molecule has 0 saturated heterocycles. The molecule has 0 unspecified atom stereocenters. The second-order valence-corrected chi connectivity index (χ2v) is 5.89. The van der Waals surface area contributed by atoms with Crippen molar-refractivity contribution in [1.82, 2.24) is 15.5 Å². The molecule has 0 spiro atoms. The highest BCUT2D eigenvalue weighted by Gasteiger charge is 2.20. The lowest BCUT2D eigenvalue weighted by Gasteiger charge is -2.17. The van der Waals surface area contributed by atoms with Gasteiger partial charge in [-0.05, 0) is 50.5 Å². The Kier molecular flexibility index (Phi) is 4.19. The standard InChI is InChI=1S/C16H23N3O/c20-16(12-7-3-1-4-8-12)17-11-15-13-9-5-2-6-10-14(13)18-19-15/h1,3,12H,2,4-11H2,(H,17,20)(H,18,19)/t12-/m1/s1. The number of carbonyl (C=O) groups excluding carboxylic acids is 1. The first-order chi connectivity index (χ1) is 9.84. The number of rotatable bonds is 3. The zero-order valence-corrected chi connectivity index (χ0v) is 12.0. The van der Waals surface area contributed by atoms with E-state index in [-0.39, 0.29) is 11.8 Å². The van der Waals surface area contributed by atoms with Crippen molar-refractivity contribution >= 4 is 5.91 Å². The minimum absolute atomic E-state index is 0.151. The van der Waals surface area contributed by atoms with Gasteiger partial charge in [0.25, 0.3) is 0 Å². The van der Waals surface area contributed by atoms with Gasteiger partial charge in [-0.25, -0.2) is 0 Å². The molecule has 20 heavy (non-hydrogen) atoms. The van der Waals surface area contributed by atoms with E-state index in [0.29, 0.717) is 6.54 Å². The molecule has 2 N–H and O–H groups in total. The number of amides is 1. The molecule has 0 fully saturated rings. The van der Waals surface area contributed by atoms with Gasteiger partial charge in [-0.2, -0.15) is 5.10 Å². The Balaban J connectivity index is 1.59. The fraction of sp³-hybridized carbons (Fsp3) is 0.625. The van der Waals surface area contributed by atoms with E-state index >= 15 is 0 Å². The highest BCUT2D eigenvalue weighted by atomic mass is 16.1. The van der Waals surface area contributed by atoms with Crippen LogP contribution in [0.15, 0.2) is 12.2 Å². The van der Waals surface area contributed by atoms with Gasteiger partial charge >= 0.3 is 0 Å². The number of hydrogen-bond acceptors (Lipinski definition) is 2. The lowest BCUT2D eigenvalue weighted by atomic mass is 9.93. The summed E-state index contributed by atoms with van der Waals surface area (Å²) >= 11 is 0. The van der Waals surface area contributed by atoms with Gasteiger partial charge in [-0.3, -0.25) is 9.89 Å². The van der Waals surface area contributed by atoms with Crippen molar-refractivity contribution < 1.29 is 4.79 Å². The van der Waals surface area contributed by atoms with Crippen LogP contribution < -0.4 is 5.32 Å². The van der Waals surface area contributed by atoms with Gasteiger partial charge in [0.1, 0.15) is 0 Å². The van der Waals surface area contributed by atoms with E-state index in [0.717, 1.165) is 37.8 Å².